The van der Waals surface area contributed by atoms with Crippen LogP contribution in [0.5, 0.6) is 0 Å². The number of non-ortho nitro benzene ring substituents is 1. The van der Waals surface area contributed by atoms with E-state index in [1.54, 1.807) is 13.0 Å². The van der Waals surface area contributed by atoms with Crippen molar-refractivity contribution in [3.05, 3.63) is 62.7 Å². The second-order valence-corrected chi connectivity index (χ2v) is 9.30. The first-order chi connectivity index (χ1) is 15.3. The van der Waals surface area contributed by atoms with Crippen LogP contribution in [0.15, 0.2) is 46.6 Å². The summed E-state index contributed by atoms with van der Waals surface area (Å²) in [7, 11) is 0. The summed E-state index contributed by atoms with van der Waals surface area (Å²) in [6.07, 6.45) is 0. The van der Waals surface area contributed by atoms with Gasteiger partial charge in [0, 0.05) is 44.4 Å². The van der Waals surface area contributed by atoms with Crippen molar-refractivity contribution in [3.8, 4) is 0 Å². The Hall–Kier alpha value is -2.39. The Bertz CT molecular complexity index is 1010. The van der Waals surface area contributed by atoms with Crippen LogP contribution < -0.4 is 5.32 Å². The molecule has 1 unspecified atom stereocenters. The van der Waals surface area contributed by atoms with Gasteiger partial charge >= 0.3 is 0 Å². The normalized spacial score (nSPS) is 23.5. The molecule has 1 atom stereocenters. The first kappa shape index (κ1) is 22.8. The molecule has 0 saturated carbocycles. The standard InChI is InChI=1S/C23H30ClN6O2/c1-17-15-20(29(31)32)4-6-22(17)26-27-23-5-3-19(16-21(23)24)18(2)25-7-11-30-12-8-28(9-13-30)10-14-30/h3-6,15-16,18,25H,7-14H2,1-2H3/q+1. The molecule has 0 aromatic heterocycles. The number of azo groups is 1. The van der Waals surface area contributed by atoms with E-state index >= 15 is 0 Å². The van der Waals surface area contributed by atoms with Crippen molar-refractivity contribution in [2.75, 3.05) is 52.4 Å². The van der Waals surface area contributed by atoms with Gasteiger partial charge in [0.05, 0.1) is 41.8 Å². The molecule has 32 heavy (non-hydrogen) atoms. The van der Waals surface area contributed by atoms with E-state index in [1.807, 2.05) is 18.2 Å². The summed E-state index contributed by atoms with van der Waals surface area (Å²) in [4.78, 5) is 13.0. The van der Waals surface area contributed by atoms with E-state index < -0.39 is 4.92 Å². The molecule has 0 amide bonds. The highest BCUT2D eigenvalue weighted by Gasteiger charge is 2.37. The molecule has 2 aromatic rings. The van der Waals surface area contributed by atoms with Gasteiger partial charge in [0.2, 0.25) is 0 Å². The monoisotopic (exact) mass is 457 g/mol. The Morgan fingerprint density at radius 1 is 1.12 bits per heavy atom. The maximum Gasteiger partial charge on any atom is 0.269 e. The van der Waals surface area contributed by atoms with Gasteiger partial charge in [0.25, 0.3) is 5.69 Å². The van der Waals surface area contributed by atoms with Crippen LogP contribution in [0.2, 0.25) is 5.02 Å². The lowest BCUT2D eigenvalue weighted by Gasteiger charge is -2.50. The van der Waals surface area contributed by atoms with E-state index in [4.69, 9.17) is 11.6 Å². The number of aryl methyl sites for hydroxylation is 1. The van der Waals surface area contributed by atoms with Gasteiger partial charge in [0.15, 0.2) is 0 Å². The Morgan fingerprint density at radius 2 is 1.78 bits per heavy atom. The summed E-state index contributed by atoms with van der Waals surface area (Å²) in [6, 6.07) is 10.5. The van der Waals surface area contributed by atoms with Crippen molar-refractivity contribution < 1.29 is 9.41 Å². The number of hydrogen-bond acceptors (Lipinski definition) is 6. The number of benzene rings is 2. The molecule has 2 aromatic carbocycles. The van der Waals surface area contributed by atoms with E-state index in [2.05, 4.69) is 27.4 Å². The molecular weight excluding hydrogens is 428 g/mol. The van der Waals surface area contributed by atoms with Crippen LogP contribution in [0.3, 0.4) is 0 Å². The van der Waals surface area contributed by atoms with Crippen LogP contribution in [0.1, 0.15) is 24.1 Å². The quantitative estimate of drug-likeness (QED) is 0.268. The Morgan fingerprint density at radius 3 is 2.41 bits per heavy atom. The smallest absolute Gasteiger partial charge is 0.269 e. The summed E-state index contributed by atoms with van der Waals surface area (Å²) in [5.74, 6) is 0. The Labute approximate surface area is 193 Å². The molecule has 0 aliphatic carbocycles. The minimum atomic E-state index is -0.422. The summed E-state index contributed by atoms with van der Waals surface area (Å²) in [5, 5.41) is 23.6. The third-order valence-electron chi connectivity index (χ3n) is 6.84. The van der Waals surface area contributed by atoms with Crippen LogP contribution in [-0.2, 0) is 0 Å². The van der Waals surface area contributed by atoms with Crippen molar-refractivity contribution in [2.24, 2.45) is 10.2 Å². The molecule has 170 valence electrons. The van der Waals surface area contributed by atoms with Gasteiger partial charge in [-0.1, -0.05) is 17.7 Å². The number of quaternary nitrogens is 1. The number of rotatable bonds is 8. The Kier molecular flexibility index (Phi) is 6.85. The maximum atomic E-state index is 10.9. The minimum absolute atomic E-state index is 0.0395. The molecular formula is C23H30ClN6O2+. The van der Waals surface area contributed by atoms with Gasteiger partial charge < -0.3 is 9.80 Å². The second-order valence-electron chi connectivity index (χ2n) is 8.89. The number of hydrogen-bond donors (Lipinski definition) is 1. The third kappa shape index (κ3) is 5.15. The number of nitrogens with one attached hydrogen (secondary N) is 1. The van der Waals surface area contributed by atoms with E-state index in [0.29, 0.717) is 22.0 Å². The number of piperazine rings is 3. The molecule has 9 heteroatoms. The van der Waals surface area contributed by atoms with Gasteiger partial charge in [-0.25, -0.2) is 0 Å². The lowest BCUT2D eigenvalue weighted by atomic mass is 10.1. The Balaban J connectivity index is 1.35. The highest BCUT2D eigenvalue weighted by molar-refractivity contribution is 6.33. The van der Waals surface area contributed by atoms with Gasteiger partial charge in [-0.3, -0.25) is 15.0 Å². The summed E-state index contributed by atoms with van der Waals surface area (Å²) >= 11 is 6.47. The van der Waals surface area contributed by atoms with Crippen LogP contribution >= 0.6 is 11.6 Å². The SMILES string of the molecule is Cc1cc([N+](=O)[O-])ccc1N=Nc1ccc(C(C)NCC[N+]23CCN(CC2)CC3)cc1Cl. The van der Waals surface area contributed by atoms with Crippen molar-refractivity contribution >= 4 is 28.7 Å². The molecule has 0 radical (unpaired) electrons. The minimum Gasteiger partial charge on any atom is -0.319 e. The van der Waals surface area contributed by atoms with Gasteiger partial charge in [-0.15, -0.1) is 5.11 Å². The highest BCUT2D eigenvalue weighted by atomic mass is 35.5. The summed E-state index contributed by atoms with van der Waals surface area (Å²) in [6.45, 7) is 13.6. The molecule has 2 bridgehead atoms. The largest absolute Gasteiger partial charge is 0.319 e. The number of nitro groups is 1. The zero-order chi connectivity index (χ0) is 22.7. The zero-order valence-electron chi connectivity index (χ0n) is 18.6. The average Bonchev–Trinajstić information content (AvgIpc) is 2.79. The molecule has 0 spiro atoms. The van der Waals surface area contributed by atoms with Crippen LogP contribution in [0, 0.1) is 17.0 Å². The highest BCUT2D eigenvalue weighted by Crippen LogP contribution is 2.31. The van der Waals surface area contributed by atoms with Crippen molar-refractivity contribution in [2.45, 2.75) is 19.9 Å². The second kappa shape index (κ2) is 9.62. The summed E-state index contributed by atoms with van der Waals surface area (Å²) in [5.41, 5.74) is 3.00. The fourth-order valence-corrected chi connectivity index (χ4v) is 4.78. The van der Waals surface area contributed by atoms with Gasteiger partial charge in [-0.05, 0) is 43.2 Å². The number of nitro benzene ring substituents is 1. The molecule has 3 heterocycles. The van der Waals surface area contributed by atoms with Crippen LogP contribution in [-0.4, -0.2) is 66.7 Å². The molecule has 5 rings (SSSR count). The predicted octanol–water partition coefficient (Wildman–Crippen LogP) is 4.77. The number of fused-ring (bicyclic) bond motifs is 3. The van der Waals surface area contributed by atoms with E-state index in [0.717, 1.165) is 12.1 Å². The third-order valence-corrected chi connectivity index (χ3v) is 7.14. The molecule has 1 N–H and O–H groups in total. The first-order valence-electron chi connectivity index (χ1n) is 11.1. The van der Waals surface area contributed by atoms with Crippen molar-refractivity contribution in [1.29, 1.82) is 0 Å². The molecule has 3 aliphatic rings. The fraction of sp³-hybridized carbons (Fsp3) is 0.478. The number of halogens is 1. The molecule has 3 saturated heterocycles. The summed E-state index contributed by atoms with van der Waals surface area (Å²) < 4.78 is 1.25. The van der Waals surface area contributed by atoms with Gasteiger partial charge in [-0.2, -0.15) is 5.11 Å². The number of nitrogens with zero attached hydrogens (tertiary/aromatic N) is 5. The molecule has 8 nitrogen and oxygen atoms in total. The lowest BCUT2D eigenvalue weighted by Crippen LogP contribution is -2.68. The van der Waals surface area contributed by atoms with Crippen molar-refractivity contribution in [3.63, 3.8) is 0 Å². The zero-order valence-corrected chi connectivity index (χ0v) is 19.4. The van der Waals surface area contributed by atoms with Crippen LogP contribution in [0.25, 0.3) is 0 Å². The fourth-order valence-electron chi connectivity index (χ4n) is 4.55. The maximum absolute atomic E-state index is 10.9. The first-order valence-corrected chi connectivity index (χ1v) is 11.5. The van der Waals surface area contributed by atoms with Crippen LogP contribution in [0.4, 0.5) is 17.1 Å². The molecule has 3 aliphatic heterocycles. The molecule has 3 fully saturated rings. The lowest BCUT2D eigenvalue weighted by molar-refractivity contribution is -0.939. The van der Waals surface area contributed by atoms with Gasteiger partial charge in [0.1, 0.15) is 5.69 Å². The van der Waals surface area contributed by atoms with E-state index in [1.165, 1.54) is 62.4 Å². The van der Waals surface area contributed by atoms with E-state index in [-0.39, 0.29) is 11.7 Å². The van der Waals surface area contributed by atoms with E-state index in [9.17, 15) is 10.1 Å². The predicted molar refractivity (Wildman–Crippen MR) is 126 cm³/mol. The average molecular weight is 458 g/mol. The topological polar surface area (TPSA) is 83.1 Å². The van der Waals surface area contributed by atoms with Crippen molar-refractivity contribution in [1.82, 2.24) is 10.2 Å².